The Morgan fingerprint density at radius 1 is 1.58 bits per heavy atom. The predicted octanol–water partition coefficient (Wildman–Crippen LogP) is 2.43. The predicted molar refractivity (Wildman–Crippen MR) is 73.2 cm³/mol. The fourth-order valence-corrected chi connectivity index (χ4v) is 2.35. The molecule has 0 unspecified atom stereocenters. The second-order valence-corrected chi connectivity index (χ2v) is 5.33. The molecule has 0 saturated carbocycles. The molecule has 0 atom stereocenters. The third kappa shape index (κ3) is 4.96. The molecule has 0 fully saturated rings. The fourth-order valence-electron chi connectivity index (χ4n) is 1.63. The van der Waals surface area contributed by atoms with Gasteiger partial charge < -0.3 is 4.74 Å². The second-order valence-electron chi connectivity index (χ2n) is 4.44. The average Bonchev–Trinajstić information content (AvgIpc) is 2.82. The minimum atomic E-state index is -0.387. The zero-order valence-electron chi connectivity index (χ0n) is 11.3. The summed E-state index contributed by atoms with van der Waals surface area (Å²) in [6, 6.07) is 1.83. The van der Waals surface area contributed by atoms with Crippen molar-refractivity contribution in [2.45, 2.75) is 32.9 Å². The van der Waals surface area contributed by atoms with E-state index in [1.165, 1.54) is 7.11 Å². The summed E-state index contributed by atoms with van der Waals surface area (Å²) in [5.74, 6) is -0.248. The Labute approximate surface area is 116 Å². The zero-order valence-corrected chi connectivity index (χ0v) is 12.1. The number of thiophene rings is 1. The van der Waals surface area contributed by atoms with Crippen LogP contribution >= 0.6 is 11.3 Å². The maximum absolute atomic E-state index is 11.1. The van der Waals surface area contributed by atoms with Crippen LogP contribution in [0.15, 0.2) is 11.4 Å². The highest BCUT2D eigenvalue weighted by Gasteiger charge is 2.16. The van der Waals surface area contributed by atoms with Crippen LogP contribution < -0.4 is 0 Å². The first-order valence-electron chi connectivity index (χ1n) is 5.96. The average molecular weight is 286 g/mol. The second kappa shape index (κ2) is 7.20. The Morgan fingerprint density at radius 3 is 2.74 bits per heavy atom. The summed E-state index contributed by atoms with van der Waals surface area (Å²) < 4.78 is 4.61. The van der Waals surface area contributed by atoms with E-state index < -0.39 is 0 Å². The van der Waals surface area contributed by atoms with Gasteiger partial charge in [0.05, 0.1) is 18.5 Å². The molecule has 0 aliphatic rings. The molecule has 0 radical (unpaired) electrons. The Morgan fingerprint density at radius 2 is 2.26 bits per heavy atom. The van der Waals surface area contributed by atoms with Crippen LogP contribution in [-0.4, -0.2) is 35.5 Å². The summed E-state index contributed by atoms with van der Waals surface area (Å²) in [5, 5.41) is 12.6. The van der Waals surface area contributed by atoms with Gasteiger partial charge in [0.15, 0.2) is 0 Å². The molecule has 1 aromatic heterocycles. The van der Waals surface area contributed by atoms with Gasteiger partial charge in [-0.2, -0.15) is 0 Å². The molecule has 0 amide bonds. The SMILES string of the molecule is COC(=O)CCN(Cc1csc([N+](=O)[O-])c1)C(C)C. The molecule has 0 saturated heterocycles. The van der Waals surface area contributed by atoms with Gasteiger partial charge in [-0.1, -0.05) is 11.3 Å². The van der Waals surface area contributed by atoms with Crippen LogP contribution in [0.1, 0.15) is 25.8 Å². The molecule has 0 bridgehead atoms. The third-order valence-electron chi connectivity index (χ3n) is 2.77. The number of carbonyl (C=O) groups excluding carboxylic acids is 1. The number of esters is 1. The van der Waals surface area contributed by atoms with E-state index in [9.17, 15) is 14.9 Å². The Kier molecular flexibility index (Phi) is 5.91. The highest BCUT2D eigenvalue weighted by molar-refractivity contribution is 7.13. The molecule has 1 aromatic rings. The van der Waals surface area contributed by atoms with Crippen molar-refractivity contribution >= 4 is 22.3 Å². The van der Waals surface area contributed by atoms with E-state index in [-0.39, 0.29) is 21.9 Å². The van der Waals surface area contributed by atoms with Crippen LogP contribution in [0.2, 0.25) is 0 Å². The summed E-state index contributed by atoms with van der Waals surface area (Å²) >= 11 is 1.12. The van der Waals surface area contributed by atoms with Gasteiger partial charge in [0, 0.05) is 30.6 Å². The first-order valence-corrected chi connectivity index (χ1v) is 6.84. The van der Waals surface area contributed by atoms with E-state index in [2.05, 4.69) is 9.64 Å². The first-order chi connectivity index (χ1) is 8.93. The van der Waals surface area contributed by atoms with Gasteiger partial charge in [-0.05, 0) is 19.4 Å². The van der Waals surface area contributed by atoms with Gasteiger partial charge in [0.25, 0.3) is 0 Å². The number of hydrogen-bond acceptors (Lipinski definition) is 6. The van der Waals surface area contributed by atoms with Crippen molar-refractivity contribution in [2.24, 2.45) is 0 Å². The molecule has 19 heavy (non-hydrogen) atoms. The number of methoxy groups -OCH3 is 1. The summed E-state index contributed by atoms with van der Waals surface area (Å²) in [6.45, 7) is 5.23. The molecule has 7 heteroatoms. The molecule has 0 aromatic carbocycles. The normalized spacial score (nSPS) is 11.0. The lowest BCUT2D eigenvalue weighted by Crippen LogP contribution is -2.32. The maximum atomic E-state index is 11.1. The minimum absolute atomic E-state index is 0.145. The number of nitro groups is 1. The van der Waals surface area contributed by atoms with Crippen molar-refractivity contribution in [3.05, 3.63) is 27.1 Å². The quantitative estimate of drug-likeness (QED) is 0.437. The lowest BCUT2D eigenvalue weighted by Gasteiger charge is -2.25. The lowest BCUT2D eigenvalue weighted by atomic mass is 10.2. The summed E-state index contributed by atoms with van der Waals surface area (Å²) in [4.78, 5) is 23.5. The van der Waals surface area contributed by atoms with Crippen molar-refractivity contribution in [2.75, 3.05) is 13.7 Å². The van der Waals surface area contributed by atoms with E-state index in [4.69, 9.17) is 0 Å². The van der Waals surface area contributed by atoms with E-state index in [1.54, 1.807) is 11.4 Å². The van der Waals surface area contributed by atoms with Gasteiger partial charge in [0.2, 0.25) is 0 Å². The number of rotatable bonds is 7. The van der Waals surface area contributed by atoms with Crippen LogP contribution in [0.4, 0.5) is 5.00 Å². The van der Waals surface area contributed by atoms with Crippen molar-refractivity contribution in [1.82, 2.24) is 4.90 Å². The first kappa shape index (κ1) is 15.6. The van der Waals surface area contributed by atoms with Crippen molar-refractivity contribution in [3.63, 3.8) is 0 Å². The zero-order chi connectivity index (χ0) is 14.4. The van der Waals surface area contributed by atoms with E-state index in [0.29, 0.717) is 19.5 Å². The highest BCUT2D eigenvalue weighted by atomic mass is 32.1. The van der Waals surface area contributed by atoms with Gasteiger partial charge in [-0.3, -0.25) is 19.8 Å². The fraction of sp³-hybridized carbons (Fsp3) is 0.583. The van der Waals surface area contributed by atoms with Crippen LogP contribution in [0.3, 0.4) is 0 Å². The molecule has 6 nitrogen and oxygen atoms in total. The molecule has 0 N–H and O–H groups in total. The molecule has 0 aliphatic carbocycles. The minimum Gasteiger partial charge on any atom is -0.469 e. The van der Waals surface area contributed by atoms with Crippen molar-refractivity contribution in [3.8, 4) is 0 Å². The third-order valence-corrected chi connectivity index (χ3v) is 3.70. The van der Waals surface area contributed by atoms with E-state index in [0.717, 1.165) is 16.9 Å². The van der Waals surface area contributed by atoms with Gasteiger partial charge >= 0.3 is 11.0 Å². The molecule has 0 aliphatic heterocycles. The van der Waals surface area contributed by atoms with Crippen molar-refractivity contribution < 1.29 is 14.5 Å². The van der Waals surface area contributed by atoms with Crippen LogP contribution in [0.25, 0.3) is 0 Å². The number of carbonyl (C=O) groups is 1. The summed E-state index contributed by atoms with van der Waals surface area (Å²) in [6.07, 6.45) is 0.320. The standard InChI is InChI=1S/C12H18N2O4S/c1-9(2)13(5-4-12(15)18-3)7-10-6-11(14(16)17)19-8-10/h6,8-9H,4-5,7H2,1-3H3. The van der Waals surface area contributed by atoms with Crippen LogP contribution in [-0.2, 0) is 16.1 Å². The van der Waals surface area contributed by atoms with Gasteiger partial charge in [-0.25, -0.2) is 0 Å². The summed E-state index contributed by atoms with van der Waals surface area (Å²) in [7, 11) is 1.37. The van der Waals surface area contributed by atoms with E-state index >= 15 is 0 Å². The van der Waals surface area contributed by atoms with Gasteiger partial charge in [0.1, 0.15) is 0 Å². The van der Waals surface area contributed by atoms with Gasteiger partial charge in [-0.15, -0.1) is 0 Å². The maximum Gasteiger partial charge on any atom is 0.324 e. The van der Waals surface area contributed by atoms with Crippen LogP contribution in [0.5, 0.6) is 0 Å². The Balaban J connectivity index is 2.61. The molecule has 106 valence electrons. The topological polar surface area (TPSA) is 72.7 Å². The number of nitrogens with zero attached hydrogens (tertiary/aromatic N) is 2. The Hall–Kier alpha value is -1.47. The molecule has 1 heterocycles. The molecule has 1 rings (SSSR count). The van der Waals surface area contributed by atoms with Crippen LogP contribution in [0, 0.1) is 10.1 Å². The summed E-state index contributed by atoms with van der Waals surface area (Å²) in [5.41, 5.74) is 0.898. The van der Waals surface area contributed by atoms with E-state index in [1.807, 2.05) is 13.8 Å². The molecular weight excluding hydrogens is 268 g/mol. The number of hydrogen-bond donors (Lipinski definition) is 0. The smallest absolute Gasteiger partial charge is 0.324 e. The Bertz CT molecular complexity index is 445. The highest BCUT2D eigenvalue weighted by Crippen LogP contribution is 2.24. The lowest BCUT2D eigenvalue weighted by molar-refractivity contribution is -0.380. The monoisotopic (exact) mass is 286 g/mol. The number of ether oxygens (including phenoxy) is 1. The largest absolute Gasteiger partial charge is 0.469 e. The molecular formula is C12H18N2O4S. The molecule has 0 spiro atoms. The van der Waals surface area contributed by atoms with Crippen molar-refractivity contribution in [1.29, 1.82) is 0 Å².